The van der Waals surface area contributed by atoms with Crippen LogP contribution in [-0.2, 0) is 4.74 Å². The molecule has 0 aromatic carbocycles. The molecule has 1 atom stereocenters. The smallest absolute Gasteiger partial charge is 0.113 e. The van der Waals surface area contributed by atoms with E-state index in [1.54, 1.807) is 0 Å². The molecule has 0 radical (unpaired) electrons. The van der Waals surface area contributed by atoms with Gasteiger partial charge in [-0.05, 0) is 55.0 Å². The molecule has 1 aliphatic carbocycles. The predicted molar refractivity (Wildman–Crippen MR) is 83.2 cm³/mol. The summed E-state index contributed by atoms with van der Waals surface area (Å²) in [5, 5.41) is 0. The van der Waals surface area contributed by atoms with Crippen LogP contribution in [-0.4, -0.2) is 17.1 Å². The number of hydrogen-bond acceptors (Lipinski definition) is 2. The van der Waals surface area contributed by atoms with Crippen LogP contribution in [0.1, 0.15) is 52.9 Å². The first kappa shape index (κ1) is 15.6. The van der Waals surface area contributed by atoms with Gasteiger partial charge in [-0.3, -0.25) is 0 Å². The highest BCUT2D eigenvalue weighted by Gasteiger charge is 2.45. The van der Waals surface area contributed by atoms with Gasteiger partial charge in [0.25, 0.3) is 0 Å². The molecule has 102 valence electrons. The fraction of sp³-hybridized carbons (Fsp3) is 0.688. The van der Waals surface area contributed by atoms with E-state index >= 15 is 0 Å². The molecule has 1 aliphatic rings. The molecule has 1 nitrogen and oxygen atoms in total. The monoisotopic (exact) mass is 266 g/mol. The van der Waals surface area contributed by atoms with E-state index in [0.29, 0.717) is 12.5 Å². The second-order valence-electron chi connectivity index (χ2n) is 5.06. The normalized spacial score (nSPS) is 20.2. The van der Waals surface area contributed by atoms with Crippen molar-refractivity contribution in [2.24, 2.45) is 5.92 Å². The summed E-state index contributed by atoms with van der Waals surface area (Å²) >= 11 is 5.38. The van der Waals surface area contributed by atoms with Crippen molar-refractivity contribution < 1.29 is 4.74 Å². The van der Waals surface area contributed by atoms with Gasteiger partial charge < -0.3 is 4.74 Å². The molecule has 18 heavy (non-hydrogen) atoms. The van der Waals surface area contributed by atoms with Crippen molar-refractivity contribution in [2.75, 3.05) is 6.61 Å². The highest BCUT2D eigenvalue weighted by atomic mass is 32.1. The Hall–Kier alpha value is -0.470. The van der Waals surface area contributed by atoms with Crippen LogP contribution < -0.4 is 0 Å². The summed E-state index contributed by atoms with van der Waals surface area (Å²) in [6, 6.07) is 0. The highest BCUT2D eigenvalue weighted by Crippen LogP contribution is 2.45. The standard InChI is InChI=1S/C16H26OS/c1-6-12(4)16(17-8-3,13(5)7-2)14-9-10-15(18)11-14/h14H,4-11H2,1-3H3. The van der Waals surface area contributed by atoms with Gasteiger partial charge in [-0.1, -0.05) is 39.2 Å². The van der Waals surface area contributed by atoms with E-state index in [-0.39, 0.29) is 5.60 Å². The van der Waals surface area contributed by atoms with Gasteiger partial charge in [0.15, 0.2) is 0 Å². The molecule has 0 saturated heterocycles. The van der Waals surface area contributed by atoms with Gasteiger partial charge in [0.2, 0.25) is 0 Å². The lowest BCUT2D eigenvalue weighted by atomic mass is 9.73. The summed E-state index contributed by atoms with van der Waals surface area (Å²) in [4.78, 5) is 1.18. The Bertz CT molecular complexity index is 327. The van der Waals surface area contributed by atoms with Crippen molar-refractivity contribution in [2.45, 2.75) is 58.5 Å². The van der Waals surface area contributed by atoms with E-state index < -0.39 is 0 Å². The molecule has 0 N–H and O–H groups in total. The Kier molecular flexibility index (Phi) is 5.74. The molecular formula is C16H26OS. The van der Waals surface area contributed by atoms with Gasteiger partial charge in [0.05, 0.1) is 0 Å². The van der Waals surface area contributed by atoms with Crippen LogP contribution in [0.2, 0.25) is 0 Å². The largest absolute Gasteiger partial charge is 0.366 e. The van der Waals surface area contributed by atoms with Crippen molar-refractivity contribution in [1.29, 1.82) is 0 Å². The molecule has 0 bridgehead atoms. The molecule has 0 aliphatic heterocycles. The second kappa shape index (κ2) is 6.63. The molecule has 1 saturated carbocycles. The third-order valence-electron chi connectivity index (χ3n) is 4.10. The second-order valence-corrected chi connectivity index (χ2v) is 5.64. The van der Waals surface area contributed by atoms with Gasteiger partial charge >= 0.3 is 0 Å². The van der Waals surface area contributed by atoms with E-state index in [4.69, 9.17) is 17.0 Å². The Labute approximate surface area is 117 Å². The average molecular weight is 266 g/mol. The summed E-state index contributed by atoms with van der Waals surface area (Å²) in [7, 11) is 0. The fourth-order valence-electron chi connectivity index (χ4n) is 3.06. The van der Waals surface area contributed by atoms with Gasteiger partial charge in [-0.15, -0.1) is 0 Å². The highest BCUT2D eigenvalue weighted by molar-refractivity contribution is 7.80. The van der Waals surface area contributed by atoms with E-state index in [2.05, 4.69) is 27.0 Å². The fourth-order valence-corrected chi connectivity index (χ4v) is 3.38. The maximum atomic E-state index is 6.21. The number of rotatable bonds is 7. The zero-order valence-electron chi connectivity index (χ0n) is 12.1. The summed E-state index contributed by atoms with van der Waals surface area (Å²) in [6.07, 6.45) is 5.00. The van der Waals surface area contributed by atoms with Crippen molar-refractivity contribution in [1.82, 2.24) is 0 Å². The quantitative estimate of drug-likeness (QED) is 0.480. The molecule has 0 amide bonds. The lowest BCUT2D eigenvalue weighted by Gasteiger charge is -2.42. The summed E-state index contributed by atoms with van der Waals surface area (Å²) in [5.74, 6) is 0.435. The molecular weight excluding hydrogens is 240 g/mol. The van der Waals surface area contributed by atoms with Crippen LogP contribution in [0.15, 0.2) is 24.3 Å². The number of hydrogen-bond donors (Lipinski definition) is 0. The lowest BCUT2D eigenvalue weighted by Crippen LogP contribution is -2.43. The minimum atomic E-state index is -0.348. The molecule has 1 fully saturated rings. The first-order valence-corrected chi connectivity index (χ1v) is 7.45. The summed E-state index contributed by atoms with van der Waals surface area (Å²) in [5.41, 5.74) is 1.97. The first-order chi connectivity index (χ1) is 8.52. The van der Waals surface area contributed by atoms with Crippen molar-refractivity contribution in [3.05, 3.63) is 24.3 Å². The van der Waals surface area contributed by atoms with E-state index in [9.17, 15) is 0 Å². The van der Waals surface area contributed by atoms with Crippen molar-refractivity contribution in [3.63, 3.8) is 0 Å². The molecule has 1 rings (SSSR count). The van der Waals surface area contributed by atoms with Gasteiger partial charge in [0.1, 0.15) is 5.60 Å². The number of ether oxygens (including phenoxy) is 1. The lowest BCUT2D eigenvalue weighted by molar-refractivity contribution is -0.0257. The van der Waals surface area contributed by atoms with Crippen LogP contribution >= 0.6 is 12.2 Å². The summed E-state index contributed by atoms with van der Waals surface area (Å²) in [6.45, 7) is 15.6. The minimum Gasteiger partial charge on any atom is -0.366 e. The Morgan fingerprint density at radius 3 is 2.17 bits per heavy atom. The molecule has 1 unspecified atom stereocenters. The Morgan fingerprint density at radius 1 is 1.28 bits per heavy atom. The topological polar surface area (TPSA) is 9.23 Å². The molecule has 0 spiro atoms. The average Bonchev–Trinajstić information content (AvgIpc) is 2.81. The third-order valence-corrected chi connectivity index (χ3v) is 4.47. The Morgan fingerprint density at radius 2 is 1.83 bits per heavy atom. The maximum absolute atomic E-state index is 6.21. The van der Waals surface area contributed by atoms with Crippen LogP contribution in [0.5, 0.6) is 0 Å². The molecule has 0 aromatic rings. The maximum Gasteiger partial charge on any atom is 0.113 e. The Balaban J connectivity index is 3.14. The van der Waals surface area contributed by atoms with Crippen molar-refractivity contribution >= 4 is 17.1 Å². The van der Waals surface area contributed by atoms with E-state index in [1.807, 2.05) is 6.92 Å². The van der Waals surface area contributed by atoms with Crippen LogP contribution in [0.3, 0.4) is 0 Å². The van der Waals surface area contributed by atoms with Crippen LogP contribution in [0.4, 0.5) is 0 Å². The van der Waals surface area contributed by atoms with E-state index in [0.717, 1.165) is 43.3 Å². The summed E-state index contributed by atoms with van der Waals surface area (Å²) < 4.78 is 6.21. The SMILES string of the molecule is C=C(CC)C(OCC)(C(=C)CC)C1CCC(=S)C1. The minimum absolute atomic E-state index is 0.348. The molecule has 0 heterocycles. The molecule has 0 aromatic heterocycles. The first-order valence-electron chi connectivity index (χ1n) is 7.04. The molecule has 2 heteroatoms. The van der Waals surface area contributed by atoms with Gasteiger partial charge in [0, 0.05) is 12.5 Å². The zero-order chi connectivity index (χ0) is 13.8. The number of thiocarbonyl (C=S) groups is 1. The van der Waals surface area contributed by atoms with Gasteiger partial charge in [-0.25, -0.2) is 0 Å². The van der Waals surface area contributed by atoms with Crippen LogP contribution in [0, 0.1) is 5.92 Å². The zero-order valence-corrected chi connectivity index (χ0v) is 12.9. The van der Waals surface area contributed by atoms with Crippen molar-refractivity contribution in [3.8, 4) is 0 Å². The third kappa shape index (κ3) is 2.75. The van der Waals surface area contributed by atoms with Crippen LogP contribution in [0.25, 0.3) is 0 Å². The van der Waals surface area contributed by atoms with Gasteiger partial charge in [-0.2, -0.15) is 0 Å². The van der Waals surface area contributed by atoms with E-state index in [1.165, 1.54) is 4.86 Å². The predicted octanol–water partition coefficient (Wildman–Crippen LogP) is 4.86.